The van der Waals surface area contributed by atoms with Crippen LogP contribution in [0.1, 0.15) is 28.8 Å². The number of fused-ring (bicyclic) bond motifs is 2. The highest BCUT2D eigenvalue weighted by atomic mass is 16.2. The zero-order chi connectivity index (χ0) is 20.1. The molecule has 7 nitrogen and oxygen atoms in total. The van der Waals surface area contributed by atoms with Gasteiger partial charge in [0, 0.05) is 41.7 Å². The molecule has 0 aliphatic carbocycles. The molecule has 2 aliphatic heterocycles. The molecule has 1 unspecified atom stereocenters. The van der Waals surface area contributed by atoms with E-state index >= 15 is 0 Å². The summed E-state index contributed by atoms with van der Waals surface area (Å²) in [5.74, 6) is -0.935. The van der Waals surface area contributed by atoms with Crippen LogP contribution in [0.2, 0.25) is 0 Å². The number of hydrogen-bond donors (Lipinski definition) is 2. The van der Waals surface area contributed by atoms with Crippen LogP contribution >= 0.6 is 0 Å². The largest absolute Gasteiger partial charge is 0.361 e. The Hall–Kier alpha value is -3.74. The van der Waals surface area contributed by atoms with E-state index in [-0.39, 0.29) is 23.7 Å². The minimum absolute atomic E-state index is 0.0677. The molecule has 2 aromatic carbocycles. The molecule has 1 saturated heterocycles. The molecule has 5 rings (SSSR count). The summed E-state index contributed by atoms with van der Waals surface area (Å²) >= 11 is 0. The summed E-state index contributed by atoms with van der Waals surface area (Å²) in [6, 6.07) is 12.0. The van der Waals surface area contributed by atoms with Gasteiger partial charge >= 0.3 is 0 Å². The van der Waals surface area contributed by atoms with Crippen molar-refractivity contribution < 1.29 is 14.4 Å². The van der Waals surface area contributed by atoms with Gasteiger partial charge in [0.05, 0.1) is 0 Å². The lowest BCUT2D eigenvalue weighted by atomic mass is 9.99. The number of piperidine rings is 1. The van der Waals surface area contributed by atoms with E-state index < -0.39 is 11.9 Å². The monoisotopic (exact) mass is 387 g/mol. The number of imide groups is 1. The van der Waals surface area contributed by atoms with Crippen LogP contribution in [0.25, 0.3) is 22.0 Å². The first-order valence-electron chi connectivity index (χ1n) is 9.41. The van der Waals surface area contributed by atoms with Crippen LogP contribution < -0.4 is 10.7 Å². The van der Waals surface area contributed by atoms with E-state index in [2.05, 4.69) is 10.3 Å². The normalized spacial score (nSPS) is 18.8. The lowest BCUT2D eigenvalue weighted by molar-refractivity contribution is -0.136. The first-order chi connectivity index (χ1) is 14.0. The second-order valence-corrected chi connectivity index (χ2v) is 7.37. The van der Waals surface area contributed by atoms with E-state index in [4.69, 9.17) is 0 Å². The van der Waals surface area contributed by atoms with Gasteiger partial charge in [-0.1, -0.05) is 18.2 Å². The van der Waals surface area contributed by atoms with Crippen molar-refractivity contribution in [1.82, 2.24) is 15.2 Å². The maximum Gasteiger partial charge on any atom is 0.255 e. The Labute approximate surface area is 165 Å². The Morgan fingerprint density at radius 2 is 1.72 bits per heavy atom. The van der Waals surface area contributed by atoms with Gasteiger partial charge in [0.15, 0.2) is 5.43 Å². The second-order valence-electron chi connectivity index (χ2n) is 7.37. The summed E-state index contributed by atoms with van der Waals surface area (Å²) < 4.78 is 0. The Morgan fingerprint density at radius 1 is 0.931 bits per heavy atom. The standard InChI is InChI=1S/C22H17N3O4/c26-19-7-8-23-17-4-3-13(10-16(17)19)12-1-2-14-11-25(22(29)15(14)9-12)18-5-6-20(27)24-21(18)28/h1-4,7-10,18H,5-6,11H2,(H,23,26)(H,24,27,28). The van der Waals surface area contributed by atoms with Gasteiger partial charge < -0.3 is 9.88 Å². The van der Waals surface area contributed by atoms with Crippen LogP contribution in [0.4, 0.5) is 0 Å². The quantitative estimate of drug-likeness (QED) is 0.657. The summed E-state index contributed by atoms with van der Waals surface area (Å²) in [4.78, 5) is 53.3. The number of pyridine rings is 1. The first kappa shape index (κ1) is 17.4. The Kier molecular flexibility index (Phi) is 3.84. The van der Waals surface area contributed by atoms with Crippen molar-refractivity contribution in [1.29, 1.82) is 0 Å². The minimum atomic E-state index is -0.629. The van der Waals surface area contributed by atoms with Crippen molar-refractivity contribution >= 4 is 28.6 Å². The molecule has 0 spiro atoms. The van der Waals surface area contributed by atoms with Crippen LogP contribution in [0.15, 0.2) is 53.5 Å². The second kappa shape index (κ2) is 6.41. The molecule has 1 fully saturated rings. The number of nitrogens with zero attached hydrogens (tertiary/aromatic N) is 1. The van der Waals surface area contributed by atoms with Gasteiger partial charge in [0.2, 0.25) is 11.8 Å². The maximum absolute atomic E-state index is 13.0. The Bertz CT molecular complexity index is 1260. The summed E-state index contributed by atoms with van der Waals surface area (Å²) in [5, 5.41) is 2.89. The molecule has 144 valence electrons. The summed E-state index contributed by atoms with van der Waals surface area (Å²) in [6.45, 7) is 0.345. The van der Waals surface area contributed by atoms with E-state index in [1.54, 1.807) is 6.20 Å². The zero-order valence-electron chi connectivity index (χ0n) is 15.4. The Morgan fingerprint density at radius 3 is 2.55 bits per heavy atom. The van der Waals surface area contributed by atoms with Crippen LogP contribution in [0, 0.1) is 0 Å². The Balaban J connectivity index is 1.49. The third-order valence-corrected chi connectivity index (χ3v) is 5.62. The van der Waals surface area contributed by atoms with Crippen molar-refractivity contribution in [2.75, 3.05) is 0 Å². The number of carbonyl (C=O) groups excluding carboxylic acids is 3. The highest BCUT2D eigenvalue weighted by molar-refractivity contribution is 6.05. The molecule has 3 amide bonds. The van der Waals surface area contributed by atoms with Gasteiger partial charge in [-0.05, 0) is 41.3 Å². The van der Waals surface area contributed by atoms with Gasteiger partial charge in [-0.2, -0.15) is 0 Å². The number of benzene rings is 2. The number of nitrogens with one attached hydrogen (secondary N) is 2. The van der Waals surface area contributed by atoms with Crippen LogP contribution in [-0.2, 0) is 16.1 Å². The fourth-order valence-corrected chi connectivity index (χ4v) is 4.08. The van der Waals surface area contributed by atoms with Crippen LogP contribution in [0.5, 0.6) is 0 Å². The van der Waals surface area contributed by atoms with Gasteiger partial charge in [-0.3, -0.25) is 24.5 Å². The van der Waals surface area contributed by atoms with Gasteiger partial charge in [-0.25, -0.2) is 0 Å². The number of aromatic nitrogens is 1. The molecule has 1 aromatic heterocycles. The molecule has 1 atom stereocenters. The molecule has 3 heterocycles. The molecule has 7 heteroatoms. The number of H-pyrrole nitrogens is 1. The average molecular weight is 387 g/mol. The minimum Gasteiger partial charge on any atom is -0.361 e. The predicted molar refractivity (Wildman–Crippen MR) is 106 cm³/mol. The smallest absolute Gasteiger partial charge is 0.255 e. The van der Waals surface area contributed by atoms with E-state index in [9.17, 15) is 19.2 Å². The third-order valence-electron chi connectivity index (χ3n) is 5.62. The molecule has 2 aliphatic rings. The average Bonchev–Trinajstić information content (AvgIpc) is 3.04. The number of rotatable bonds is 2. The SMILES string of the molecule is O=C1CCC(N2Cc3ccc(-c4ccc5[nH]ccc(=O)c5c4)cc3C2=O)C(=O)N1. The van der Waals surface area contributed by atoms with Gasteiger partial charge in [-0.15, -0.1) is 0 Å². The third kappa shape index (κ3) is 2.82. The number of hydrogen-bond acceptors (Lipinski definition) is 4. The lowest BCUT2D eigenvalue weighted by Crippen LogP contribution is -2.52. The highest BCUT2D eigenvalue weighted by Crippen LogP contribution is 2.31. The molecule has 0 saturated carbocycles. The summed E-state index contributed by atoms with van der Waals surface area (Å²) in [7, 11) is 0. The number of aromatic amines is 1. The van der Waals surface area contributed by atoms with Crippen LogP contribution in [0.3, 0.4) is 0 Å². The van der Waals surface area contributed by atoms with E-state index in [0.29, 0.717) is 23.9 Å². The van der Waals surface area contributed by atoms with Crippen molar-refractivity contribution in [3.63, 3.8) is 0 Å². The molecule has 2 N–H and O–H groups in total. The molecule has 3 aromatic rings. The predicted octanol–water partition coefficient (Wildman–Crippen LogP) is 1.96. The molecular formula is C22H17N3O4. The molecule has 0 radical (unpaired) electrons. The maximum atomic E-state index is 13.0. The fourth-order valence-electron chi connectivity index (χ4n) is 4.08. The topological polar surface area (TPSA) is 99.3 Å². The van der Waals surface area contributed by atoms with Crippen molar-refractivity contribution in [2.45, 2.75) is 25.4 Å². The zero-order valence-corrected chi connectivity index (χ0v) is 15.4. The van der Waals surface area contributed by atoms with E-state index in [1.807, 2.05) is 36.4 Å². The lowest BCUT2D eigenvalue weighted by Gasteiger charge is -2.29. The highest BCUT2D eigenvalue weighted by Gasteiger charge is 2.39. The first-order valence-corrected chi connectivity index (χ1v) is 9.41. The van der Waals surface area contributed by atoms with Gasteiger partial charge in [0.1, 0.15) is 6.04 Å². The number of amides is 3. The fraction of sp³-hybridized carbons (Fsp3) is 0.182. The molecular weight excluding hydrogens is 370 g/mol. The molecule has 0 bridgehead atoms. The van der Waals surface area contributed by atoms with E-state index in [0.717, 1.165) is 22.2 Å². The van der Waals surface area contributed by atoms with Crippen molar-refractivity contribution in [2.24, 2.45) is 0 Å². The summed E-state index contributed by atoms with van der Waals surface area (Å²) in [6.07, 6.45) is 2.18. The van der Waals surface area contributed by atoms with Gasteiger partial charge in [0.25, 0.3) is 5.91 Å². The van der Waals surface area contributed by atoms with Crippen molar-refractivity contribution in [3.8, 4) is 11.1 Å². The molecule has 29 heavy (non-hydrogen) atoms. The summed E-state index contributed by atoms with van der Waals surface area (Å²) in [5.41, 5.74) is 3.75. The number of carbonyl (C=O) groups is 3. The van der Waals surface area contributed by atoms with Crippen LogP contribution in [-0.4, -0.2) is 33.6 Å². The van der Waals surface area contributed by atoms with E-state index in [1.165, 1.54) is 11.0 Å². The van der Waals surface area contributed by atoms with Crippen molar-refractivity contribution in [3.05, 3.63) is 70.0 Å².